The van der Waals surface area contributed by atoms with Gasteiger partial charge in [0, 0.05) is 0 Å². The Morgan fingerprint density at radius 3 is 2.10 bits per heavy atom. The second-order valence-electron chi connectivity index (χ2n) is 6.71. The lowest BCUT2D eigenvalue weighted by Gasteiger charge is -2.29. The van der Waals surface area contributed by atoms with Crippen molar-refractivity contribution < 1.29 is 9.53 Å². The second-order valence-corrected chi connectivity index (χ2v) is 6.71. The Balaban J connectivity index is 2.34. The lowest BCUT2D eigenvalue weighted by atomic mass is 9.93. The summed E-state index contributed by atoms with van der Waals surface area (Å²) in [6, 6.07) is 14.4. The van der Waals surface area contributed by atoms with Crippen molar-refractivity contribution in [2.75, 3.05) is 0 Å². The Bertz CT molecular complexity index is 633. The molecule has 2 aromatic carbocycles. The van der Waals surface area contributed by atoms with Gasteiger partial charge in [0.2, 0.25) is 0 Å². The van der Waals surface area contributed by atoms with E-state index in [4.69, 9.17) is 4.74 Å². The molecule has 2 aromatic rings. The van der Waals surface area contributed by atoms with Crippen molar-refractivity contribution in [1.29, 1.82) is 0 Å². The molecule has 0 unspecified atom stereocenters. The molecular formula is C18H22O2. The summed E-state index contributed by atoms with van der Waals surface area (Å²) in [5.41, 5.74) is -0.114. The molecule has 2 heteroatoms. The highest BCUT2D eigenvalue weighted by atomic mass is 16.6. The van der Waals surface area contributed by atoms with Gasteiger partial charge in [-0.1, -0.05) is 36.4 Å². The first kappa shape index (κ1) is 14.6. The SMILES string of the molecule is CC(C)(C)C(=O)OC(C)(C)c1ccc2ccccc2c1. The Morgan fingerprint density at radius 2 is 1.50 bits per heavy atom. The number of carbonyl (C=O) groups excluding carboxylic acids is 1. The third kappa shape index (κ3) is 3.01. The van der Waals surface area contributed by atoms with E-state index < -0.39 is 11.0 Å². The molecule has 0 fully saturated rings. The van der Waals surface area contributed by atoms with E-state index in [0.29, 0.717) is 0 Å². The van der Waals surface area contributed by atoms with Gasteiger partial charge in [0.15, 0.2) is 0 Å². The van der Waals surface area contributed by atoms with Crippen LogP contribution in [-0.4, -0.2) is 5.97 Å². The fourth-order valence-electron chi connectivity index (χ4n) is 2.01. The average molecular weight is 270 g/mol. The number of hydrogen-bond donors (Lipinski definition) is 0. The van der Waals surface area contributed by atoms with Crippen molar-refractivity contribution >= 4 is 16.7 Å². The summed E-state index contributed by atoms with van der Waals surface area (Å²) in [6.45, 7) is 9.46. The van der Waals surface area contributed by atoms with E-state index in [1.807, 2.05) is 52.8 Å². The molecule has 0 atom stereocenters. The number of rotatable bonds is 2. The van der Waals surface area contributed by atoms with Gasteiger partial charge in [0.1, 0.15) is 5.60 Å². The van der Waals surface area contributed by atoms with Crippen molar-refractivity contribution in [2.45, 2.75) is 40.2 Å². The first-order chi connectivity index (χ1) is 9.20. The molecule has 0 saturated carbocycles. The van der Waals surface area contributed by atoms with Crippen LogP contribution in [0.15, 0.2) is 42.5 Å². The maximum Gasteiger partial charge on any atom is 0.312 e. The Labute approximate surface area is 120 Å². The second kappa shape index (κ2) is 4.93. The molecule has 0 heterocycles. The van der Waals surface area contributed by atoms with Crippen molar-refractivity contribution in [1.82, 2.24) is 0 Å². The summed E-state index contributed by atoms with van der Waals surface area (Å²) >= 11 is 0. The van der Waals surface area contributed by atoms with Crippen LogP contribution >= 0.6 is 0 Å². The third-order valence-electron chi connectivity index (χ3n) is 3.40. The molecule has 0 amide bonds. The van der Waals surface area contributed by atoms with Crippen LogP contribution in [0.1, 0.15) is 40.2 Å². The summed E-state index contributed by atoms with van der Waals surface area (Å²) in [5.74, 6) is -0.185. The van der Waals surface area contributed by atoms with E-state index in [-0.39, 0.29) is 5.97 Å². The van der Waals surface area contributed by atoms with Gasteiger partial charge >= 0.3 is 5.97 Å². The molecule has 106 valence electrons. The largest absolute Gasteiger partial charge is 0.454 e. The summed E-state index contributed by atoms with van der Waals surface area (Å²) in [6.07, 6.45) is 0. The van der Waals surface area contributed by atoms with Gasteiger partial charge in [-0.05, 0) is 57.0 Å². The molecule has 0 spiro atoms. The normalized spacial score (nSPS) is 12.4. The lowest BCUT2D eigenvalue weighted by molar-refractivity contribution is -0.167. The van der Waals surface area contributed by atoms with Gasteiger partial charge in [-0.15, -0.1) is 0 Å². The van der Waals surface area contributed by atoms with E-state index in [1.54, 1.807) is 0 Å². The number of benzene rings is 2. The minimum Gasteiger partial charge on any atom is -0.454 e. The molecule has 0 saturated heterocycles. The first-order valence-electron chi connectivity index (χ1n) is 6.93. The summed E-state index contributed by atoms with van der Waals surface area (Å²) in [7, 11) is 0. The van der Waals surface area contributed by atoms with Crippen molar-refractivity contribution in [3.8, 4) is 0 Å². The quantitative estimate of drug-likeness (QED) is 0.742. The van der Waals surface area contributed by atoms with Gasteiger partial charge in [-0.2, -0.15) is 0 Å². The third-order valence-corrected chi connectivity index (χ3v) is 3.40. The summed E-state index contributed by atoms with van der Waals surface area (Å²) in [5, 5.41) is 2.35. The number of ether oxygens (including phenoxy) is 1. The fourth-order valence-corrected chi connectivity index (χ4v) is 2.01. The molecule has 0 radical (unpaired) electrons. The van der Waals surface area contributed by atoms with Crippen molar-refractivity contribution in [2.24, 2.45) is 5.41 Å². The van der Waals surface area contributed by atoms with Crippen LogP contribution in [0.25, 0.3) is 10.8 Å². The minimum atomic E-state index is -0.631. The number of hydrogen-bond acceptors (Lipinski definition) is 2. The van der Waals surface area contributed by atoms with Crippen LogP contribution in [0.4, 0.5) is 0 Å². The predicted molar refractivity (Wildman–Crippen MR) is 82.5 cm³/mol. The molecule has 0 bridgehead atoms. The number of fused-ring (bicyclic) bond motifs is 1. The molecule has 2 rings (SSSR count). The van der Waals surface area contributed by atoms with Crippen LogP contribution in [-0.2, 0) is 15.1 Å². The Hall–Kier alpha value is -1.83. The number of esters is 1. The predicted octanol–water partition coefficient (Wildman–Crippen LogP) is 4.66. The Morgan fingerprint density at radius 1 is 0.900 bits per heavy atom. The van der Waals surface area contributed by atoms with Gasteiger partial charge in [0.25, 0.3) is 0 Å². The summed E-state index contributed by atoms with van der Waals surface area (Å²) < 4.78 is 5.70. The molecule has 0 aliphatic carbocycles. The van der Waals surface area contributed by atoms with Gasteiger partial charge in [-0.3, -0.25) is 4.79 Å². The van der Waals surface area contributed by atoms with Crippen LogP contribution in [0.2, 0.25) is 0 Å². The molecule has 0 aromatic heterocycles. The smallest absolute Gasteiger partial charge is 0.312 e. The maximum absolute atomic E-state index is 12.1. The van der Waals surface area contributed by atoms with E-state index in [1.165, 1.54) is 5.39 Å². The first-order valence-corrected chi connectivity index (χ1v) is 6.93. The van der Waals surface area contributed by atoms with Crippen LogP contribution in [0, 0.1) is 5.41 Å². The highest BCUT2D eigenvalue weighted by molar-refractivity contribution is 5.83. The monoisotopic (exact) mass is 270 g/mol. The Kier molecular flexibility index (Phi) is 3.59. The zero-order valence-electron chi connectivity index (χ0n) is 12.9. The average Bonchev–Trinajstić information content (AvgIpc) is 2.36. The standard InChI is InChI=1S/C18H22O2/c1-17(2,3)16(19)20-18(4,5)15-11-10-13-8-6-7-9-14(13)12-15/h6-12H,1-5H3. The van der Waals surface area contributed by atoms with Crippen LogP contribution in [0.3, 0.4) is 0 Å². The zero-order valence-corrected chi connectivity index (χ0v) is 12.9. The zero-order chi connectivity index (χ0) is 15.0. The maximum atomic E-state index is 12.1. The highest BCUT2D eigenvalue weighted by Gasteiger charge is 2.31. The molecule has 2 nitrogen and oxygen atoms in total. The lowest BCUT2D eigenvalue weighted by Crippen LogP contribution is -2.32. The van der Waals surface area contributed by atoms with E-state index in [0.717, 1.165) is 10.9 Å². The van der Waals surface area contributed by atoms with E-state index >= 15 is 0 Å². The molecular weight excluding hydrogens is 248 g/mol. The van der Waals surface area contributed by atoms with Crippen LogP contribution < -0.4 is 0 Å². The molecule has 0 aliphatic rings. The molecule has 0 N–H and O–H groups in total. The van der Waals surface area contributed by atoms with Gasteiger partial charge in [-0.25, -0.2) is 0 Å². The topological polar surface area (TPSA) is 26.3 Å². The minimum absolute atomic E-state index is 0.185. The van der Waals surface area contributed by atoms with Crippen molar-refractivity contribution in [3.63, 3.8) is 0 Å². The van der Waals surface area contributed by atoms with Crippen LogP contribution in [0.5, 0.6) is 0 Å². The van der Waals surface area contributed by atoms with Gasteiger partial charge < -0.3 is 4.74 Å². The van der Waals surface area contributed by atoms with Gasteiger partial charge in [0.05, 0.1) is 5.41 Å². The molecule has 20 heavy (non-hydrogen) atoms. The van der Waals surface area contributed by atoms with E-state index in [2.05, 4.69) is 24.3 Å². The number of carbonyl (C=O) groups is 1. The van der Waals surface area contributed by atoms with Crippen molar-refractivity contribution in [3.05, 3.63) is 48.0 Å². The molecule has 0 aliphatic heterocycles. The highest BCUT2D eigenvalue weighted by Crippen LogP contribution is 2.30. The van der Waals surface area contributed by atoms with E-state index in [9.17, 15) is 4.79 Å². The fraction of sp³-hybridized carbons (Fsp3) is 0.389. The summed E-state index contributed by atoms with van der Waals surface area (Å²) in [4.78, 5) is 12.1.